The van der Waals surface area contributed by atoms with Crippen LogP contribution in [0.4, 0.5) is 10.5 Å². The number of primary amides is 1. The van der Waals surface area contributed by atoms with Crippen LogP contribution < -0.4 is 16.4 Å². The Morgan fingerprint density at radius 2 is 1.90 bits per heavy atom. The van der Waals surface area contributed by atoms with Crippen LogP contribution in [0, 0.1) is 5.41 Å². The van der Waals surface area contributed by atoms with Crippen LogP contribution >= 0.6 is 0 Å². The van der Waals surface area contributed by atoms with Crippen LogP contribution in [0.2, 0.25) is 0 Å². The lowest BCUT2D eigenvalue weighted by Gasteiger charge is -2.18. The number of anilines is 1. The quantitative estimate of drug-likeness (QED) is 0.791. The lowest BCUT2D eigenvalue weighted by Crippen LogP contribution is -2.33. The predicted octanol–water partition coefficient (Wildman–Crippen LogP) is 2.49. The molecular weight excluding hydrogens is 254 g/mol. The Balaban J connectivity index is 1.94. The zero-order chi connectivity index (χ0) is 14.8. The molecule has 20 heavy (non-hydrogen) atoms. The van der Waals surface area contributed by atoms with Crippen LogP contribution in [0.25, 0.3) is 0 Å². The van der Waals surface area contributed by atoms with Crippen LogP contribution in [0.3, 0.4) is 0 Å². The van der Waals surface area contributed by atoms with Gasteiger partial charge in [0.15, 0.2) is 0 Å². The van der Waals surface area contributed by atoms with Crippen molar-refractivity contribution >= 4 is 17.6 Å². The summed E-state index contributed by atoms with van der Waals surface area (Å²) in [6.45, 7) is 4.45. The van der Waals surface area contributed by atoms with E-state index >= 15 is 0 Å². The molecule has 108 valence electrons. The van der Waals surface area contributed by atoms with Gasteiger partial charge >= 0.3 is 6.03 Å². The van der Waals surface area contributed by atoms with Crippen molar-refractivity contribution in [2.45, 2.75) is 39.2 Å². The van der Waals surface area contributed by atoms with Crippen LogP contribution in [0.15, 0.2) is 24.3 Å². The third-order valence-electron chi connectivity index (χ3n) is 3.72. The highest BCUT2D eigenvalue weighted by Gasteiger charge is 2.31. The first-order chi connectivity index (χ1) is 9.35. The van der Waals surface area contributed by atoms with Crippen molar-refractivity contribution < 1.29 is 9.59 Å². The van der Waals surface area contributed by atoms with Gasteiger partial charge in [0.1, 0.15) is 0 Å². The zero-order valence-corrected chi connectivity index (χ0v) is 11.9. The molecule has 1 aromatic rings. The fourth-order valence-electron chi connectivity index (χ4n) is 2.68. The van der Waals surface area contributed by atoms with Gasteiger partial charge in [-0.05, 0) is 48.9 Å². The average Bonchev–Trinajstić information content (AvgIpc) is 2.68. The SMILES string of the molecule is CC1(C)CCC(NC(=O)c2ccc(NC(N)=O)cc2)C1. The van der Waals surface area contributed by atoms with Gasteiger partial charge in [0.2, 0.25) is 0 Å². The minimum atomic E-state index is -0.615. The van der Waals surface area contributed by atoms with Crippen molar-refractivity contribution in [3.8, 4) is 0 Å². The number of hydrogen-bond donors (Lipinski definition) is 3. The molecule has 2 rings (SSSR count). The van der Waals surface area contributed by atoms with E-state index in [1.165, 1.54) is 0 Å². The summed E-state index contributed by atoms with van der Waals surface area (Å²) in [6.07, 6.45) is 3.18. The van der Waals surface area contributed by atoms with Crippen LogP contribution in [-0.2, 0) is 0 Å². The molecule has 0 aromatic heterocycles. The van der Waals surface area contributed by atoms with Crippen LogP contribution in [0.1, 0.15) is 43.5 Å². The summed E-state index contributed by atoms with van der Waals surface area (Å²) in [7, 11) is 0. The van der Waals surface area contributed by atoms with E-state index < -0.39 is 6.03 Å². The second kappa shape index (κ2) is 5.53. The largest absolute Gasteiger partial charge is 0.351 e. The number of rotatable bonds is 3. The molecule has 0 heterocycles. The van der Waals surface area contributed by atoms with Gasteiger partial charge in [-0.3, -0.25) is 4.79 Å². The van der Waals surface area contributed by atoms with E-state index in [2.05, 4.69) is 24.5 Å². The Hall–Kier alpha value is -2.04. The molecule has 1 aromatic carbocycles. The molecule has 1 saturated carbocycles. The van der Waals surface area contributed by atoms with Gasteiger partial charge in [0.25, 0.3) is 5.91 Å². The normalized spacial score (nSPS) is 20.4. The molecule has 1 unspecified atom stereocenters. The van der Waals surface area contributed by atoms with Gasteiger partial charge in [0.05, 0.1) is 0 Å². The number of nitrogens with one attached hydrogen (secondary N) is 2. The van der Waals surface area contributed by atoms with Crippen molar-refractivity contribution in [2.75, 3.05) is 5.32 Å². The maximum atomic E-state index is 12.1. The number of benzene rings is 1. The molecule has 1 aliphatic carbocycles. The smallest absolute Gasteiger partial charge is 0.316 e. The van der Waals surface area contributed by atoms with E-state index in [9.17, 15) is 9.59 Å². The van der Waals surface area contributed by atoms with E-state index in [0.29, 0.717) is 16.7 Å². The predicted molar refractivity (Wildman–Crippen MR) is 78.5 cm³/mol. The molecule has 5 nitrogen and oxygen atoms in total. The van der Waals surface area contributed by atoms with E-state index in [4.69, 9.17) is 5.73 Å². The first kappa shape index (κ1) is 14.4. The van der Waals surface area contributed by atoms with E-state index in [1.54, 1.807) is 24.3 Å². The van der Waals surface area contributed by atoms with E-state index in [0.717, 1.165) is 19.3 Å². The maximum Gasteiger partial charge on any atom is 0.316 e. The molecule has 1 aliphatic rings. The fourth-order valence-corrected chi connectivity index (χ4v) is 2.68. The third kappa shape index (κ3) is 3.73. The molecule has 4 N–H and O–H groups in total. The van der Waals surface area contributed by atoms with E-state index in [1.807, 2.05) is 0 Å². The minimum Gasteiger partial charge on any atom is -0.351 e. The summed E-state index contributed by atoms with van der Waals surface area (Å²) in [5.74, 6) is -0.0710. The number of hydrogen-bond acceptors (Lipinski definition) is 2. The molecular formula is C15H21N3O2. The van der Waals surface area contributed by atoms with Crippen molar-refractivity contribution in [1.82, 2.24) is 5.32 Å². The summed E-state index contributed by atoms with van der Waals surface area (Å²) < 4.78 is 0. The Morgan fingerprint density at radius 1 is 1.25 bits per heavy atom. The molecule has 3 amide bonds. The second-order valence-electron chi connectivity index (χ2n) is 6.14. The first-order valence-electron chi connectivity index (χ1n) is 6.83. The highest BCUT2D eigenvalue weighted by molar-refractivity contribution is 5.95. The second-order valence-corrected chi connectivity index (χ2v) is 6.14. The standard InChI is InChI=1S/C15H21N3O2/c1-15(2)8-7-12(9-15)17-13(19)10-3-5-11(6-4-10)18-14(16)20/h3-6,12H,7-9H2,1-2H3,(H,17,19)(H3,16,18,20). The fraction of sp³-hybridized carbons (Fsp3) is 0.467. The topological polar surface area (TPSA) is 84.2 Å². The number of carbonyl (C=O) groups excluding carboxylic acids is 2. The van der Waals surface area contributed by atoms with Gasteiger partial charge < -0.3 is 16.4 Å². The molecule has 1 fully saturated rings. The summed E-state index contributed by atoms with van der Waals surface area (Å²) in [6, 6.07) is 6.33. The van der Waals surface area contributed by atoms with Crippen LogP contribution in [-0.4, -0.2) is 18.0 Å². The summed E-state index contributed by atoms with van der Waals surface area (Å²) in [4.78, 5) is 22.8. The number of nitrogens with two attached hydrogens (primary N) is 1. The lowest BCUT2D eigenvalue weighted by molar-refractivity contribution is 0.0936. The Morgan fingerprint density at radius 3 is 2.40 bits per heavy atom. The maximum absolute atomic E-state index is 12.1. The number of urea groups is 1. The third-order valence-corrected chi connectivity index (χ3v) is 3.72. The van der Waals surface area contributed by atoms with E-state index in [-0.39, 0.29) is 11.9 Å². The Bertz CT molecular complexity index is 508. The molecule has 1 atom stereocenters. The Labute approximate surface area is 118 Å². The molecule has 0 aliphatic heterocycles. The molecule has 0 spiro atoms. The Kier molecular flexibility index (Phi) is 3.97. The molecule has 0 radical (unpaired) electrons. The van der Waals surface area contributed by atoms with Gasteiger partial charge in [-0.1, -0.05) is 13.8 Å². The average molecular weight is 275 g/mol. The monoisotopic (exact) mass is 275 g/mol. The molecule has 0 bridgehead atoms. The van der Waals surface area contributed by atoms with Crippen LogP contribution in [0.5, 0.6) is 0 Å². The lowest BCUT2D eigenvalue weighted by atomic mass is 9.92. The number of carbonyl (C=O) groups is 2. The summed E-state index contributed by atoms with van der Waals surface area (Å²) >= 11 is 0. The van der Waals surface area contributed by atoms with Crippen molar-refractivity contribution in [3.05, 3.63) is 29.8 Å². The highest BCUT2D eigenvalue weighted by atomic mass is 16.2. The molecule has 0 saturated heterocycles. The summed E-state index contributed by atoms with van der Waals surface area (Å²) in [5, 5.41) is 5.52. The minimum absolute atomic E-state index is 0.0710. The first-order valence-corrected chi connectivity index (χ1v) is 6.83. The van der Waals surface area contributed by atoms with Gasteiger partial charge in [-0.2, -0.15) is 0 Å². The highest BCUT2D eigenvalue weighted by Crippen LogP contribution is 2.36. The van der Waals surface area contributed by atoms with Crippen molar-refractivity contribution in [3.63, 3.8) is 0 Å². The summed E-state index contributed by atoms with van der Waals surface area (Å²) in [5.41, 5.74) is 6.51. The van der Waals surface area contributed by atoms with Gasteiger partial charge in [-0.25, -0.2) is 4.79 Å². The van der Waals surface area contributed by atoms with Crippen molar-refractivity contribution in [2.24, 2.45) is 11.1 Å². The van der Waals surface area contributed by atoms with Gasteiger partial charge in [-0.15, -0.1) is 0 Å². The number of amides is 3. The molecule has 5 heteroatoms. The van der Waals surface area contributed by atoms with Crippen molar-refractivity contribution in [1.29, 1.82) is 0 Å². The van der Waals surface area contributed by atoms with Gasteiger partial charge in [0, 0.05) is 17.3 Å². The zero-order valence-electron chi connectivity index (χ0n) is 11.9.